The van der Waals surface area contributed by atoms with Gasteiger partial charge in [0.2, 0.25) is 0 Å². The maximum Gasteiger partial charge on any atom is 0.0852 e. The largest absolute Gasteiger partial charge is 0.254 e. The van der Waals surface area contributed by atoms with Crippen molar-refractivity contribution in [1.82, 2.24) is 8.75 Å². The van der Waals surface area contributed by atoms with Crippen molar-refractivity contribution < 1.29 is 0 Å². The second kappa shape index (κ2) is 7.64. The van der Waals surface area contributed by atoms with Crippen LogP contribution in [0, 0.1) is 13.8 Å². The summed E-state index contributed by atoms with van der Waals surface area (Å²) in [6.45, 7) is 4.00. The van der Waals surface area contributed by atoms with Gasteiger partial charge in [-0.15, -0.1) is 0 Å². The number of hydrogen-bond acceptors (Lipinski definition) is 4. The molecule has 0 bridgehead atoms. The molecule has 1 heterocycles. The topological polar surface area (TPSA) is 38.1 Å². The first-order valence-corrected chi connectivity index (χ1v) is 9.53. The average molecular weight is 369 g/mol. The first-order chi connectivity index (χ1) is 13.2. The maximum atomic E-state index is 4.79. The third-order valence-corrected chi connectivity index (χ3v) is 5.10. The van der Waals surface area contributed by atoms with E-state index in [4.69, 9.17) is 4.99 Å². The quantitative estimate of drug-likeness (QED) is 0.305. The van der Waals surface area contributed by atoms with Gasteiger partial charge in [-0.05, 0) is 53.1 Å². The van der Waals surface area contributed by atoms with E-state index < -0.39 is 0 Å². The van der Waals surface area contributed by atoms with E-state index in [0.29, 0.717) is 0 Å². The Labute approximate surface area is 162 Å². The van der Waals surface area contributed by atoms with Crippen LogP contribution >= 0.6 is 11.7 Å². The fraction of sp³-hybridized carbons (Fsp3) is 0.0870. The molecule has 0 aliphatic heterocycles. The minimum absolute atomic E-state index is 0.834. The summed E-state index contributed by atoms with van der Waals surface area (Å²) in [5.74, 6) is 0. The van der Waals surface area contributed by atoms with Crippen LogP contribution < -0.4 is 0 Å². The summed E-state index contributed by atoms with van der Waals surface area (Å²) >= 11 is 1.18. The number of aryl methyl sites for hydroxylation is 2. The Hall–Kier alpha value is -3.11. The van der Waals surface area contributed by atoms with Gasteiger partial charge in [-0.3, -0.25) is 4.99 Å². The number of benzene rings is 3. The van der Waals surface area contributed by atoms with Gasteiger partial charge in [-0.25, -0.2) is 0 Å². The summed E-state index contributed by atoms with van der Waals surface area (Å²) < 4.78 is 8.59. The summed E-state index contributed by atoms with van der Waals surface area (Å²) in [4.78, 5) is 4.79. The molecule has 0 radical (unpaired) electrons. The molecule has 0 spiro atoms. The van der Waals surface area contributed by atoms with E-state index in [1.807, 2.05) is 32.2 Å². The Bertz CT molecular complexity index is 1150. The molecule has 4 rings (SSSR count). The van der Waals surface area contributed by atoms with E-state index in [1.54, 1.807) is 6.20 Å². The normalized spacial score (nSPS) is 11.2. The Morgan fingerprint density at radius 3 is 2.22 bits per heavy atom. The standard InChI is InChI=1S/C23H19N3S/c1-16-11-12-17(2)26-27-25-15-23(16)24-14-22-20-9-5-3-7-18(20)13-19-8-4-6-10-21(19)22/h3-15H,1-2H3. The zero-order valence-electron chi connectivity index (χ0n) is 15.3. The highest BCUT2D eigenvalue weighted by Crippen LogP contribution is 2.28. The number of aromatic nitrogens is 2. The van der Waals surface area contributed by atoms with Crippen molar-refractivity contribution in [2.24, 2.45) is 4.99 Å². The first-order valence-electron chi connectivity index (χ1n) is 8.80. The Balaban J connectivity index is 1.93. The monoisotopic (exact) mass is 369 g/mol. The van der Waals surface area contributed by atoms with Crippen molar-refractivity contribution >= 4 is 45.2 Å². The summed E-state index contributed by atoms with van der Waals surface area (Å²) in [6, 6.07) is 23.1. The zero-order chi connectivity index (χ0) is 18.6. The van der Waals surface area contributed by atoms with Gasteiger partial charge in [0.25, 0.3) is 0 Å². The minimum atomic E-state index is 0.834. The van der Waals surface area contributed by atoms with Crippen molar-refractivity contribution in [3.8, 4) is 0 Å². The van der Waals surface area contributed by atoms with Crippen LogP contribution in [0.2, 0.25) is 0 Å². The van der Waals surface area contributed by atoms with Crippen LogP contribution in [0.5, 0.6) is 0 Å². The fourth-order valence-corrected chi connectivity index (χ4v) is 3.47. The summed E-state index contributed by atoms with van der Waals surface area (Å²) in [7, 11) is 0. The fourth-order valence-electron chi connectivity index (χ4n) is 3.08. The van der Waals surface area contributed by atoms with Crippen LogP contribution in [0.1, 0.15) is 16.8 Å². The van der Waals surface area contributed by atoms with Crippen molar-refractivity contribution in [2.45, 2.75) is 13.8 Å². The van der Waals surface area contributed by atoms with Gasteiger partial charge in [0.1, 0.15) is 0 Å². The predicted octanol–water partition coefficient (Wildman–Crippen LogP) is 6.34. The molecule has 4 heteroatoms. The highest BCUT2D eigenvalue weighted by atomic mass is 32.1. The Morgan fingerprint density at radius 1 is 0.852 bits per heavy atom. The molecular weight excluding hydrogens is 350 g/mol. The number of rotatable bonds is 2. The molecule has 0 aliphatic rings. The maximum absolute atomic E-state index is 4.79. The Kier molecular flexibility index (Phi) is 4.90. The summed E-state index contributed by atoms with van der Waals surface area (Å²) in [5, 5.41) is 4.82. The molecule has 0 fully saturated rings. The van der Waals surface area contributed by atoms with Crippen molar-refractivity contribution in [3.05, 3.63) is 89.7 Å². The van der Waals surface area contributed by atoms with Crippen LogP contribution in [0.15, 0.2) is 77.9 Å². The molecule has 0 saturated heterocycles. The zero-order valence-corrected chi connectivity index (χ0v) is 16.1. The smallest absolute Gasteiger partial charge is 0.0852 e. The molecule has 0 atom stereocenters. The molecular formula is C23H19N3S. The number of hydrogen-bond donors (Lipinski definition) is 0. The SMILES string of the molecule is Cc1ccc(C)c(N=Cc2c3ccccc3cc3ccccc23)cnsn1. The van der Waals surface area contributed by atoms with Crippen LogP contribution in [0.4, 0.5) is 5.69 Å². The predicted molar refractivity (Wildman–Crippen MR) is 116 cm³/mol. The van der Waals surface area contributed by atoms with E-state index in [9.17, 15) is 0 Å². The number of fused-ring (bicyclic) bond motifs is 2. The van der Waals surface area contributed by atoms with E-state index in [1.165, 1.54) is 33.3 Å². The lowest BCUT2D eigenvalue weighted by molar-refractivity contribution is 1.31. The van der Waals surface area contributed by atoms with Crippen molar-refractivity contribution in [3.63, 3.8) is 0 Å². The molecule has 0 amide bonds. The van der Waals surface area contributed by atoms with Crippen LogP contribution in [-0.2, 0) is 0 Å². The van der Waals surface area contributed by atoms with Gasteiger partial charge in [-0.2, -0.15) is 8.75 Å². The molecule has 1 aromatic heterocycles. The number of nitrogens with zero attached hydrogens (tertiary/aromatic N) is 3. The molecule has 4 aromatic rings. The van der Waals surface area contributed by atoms with E-state index in [2.05, 4.69) is 63.3 Å². The molecule has 0 saturated carbocycles. The van der Waals surface area contributed by atoms with Crippen LogP contribution in [-0.4, -0.2) is 15.0 Å². The van der Waals surface area contributed by atoms with Gasteiger partial charge >= 0.3 is 0 Å². The lowest BCUT2D eigenvalue weighted by atomic mass is 9.97. The highest BCUT2D eigenvalue weighted by molar-refractivity contribution is 6.98. The molecule has 3 aromatic carbocycles. The third kappa shape index (κ3) is 3.71. The molecule has 0 N–H and O–H groups in total. The Morgan fingerprint density at radius 2 is 1.52 bits per heavy atom. The lowest BCUT2D eigenvalue weighted by Crippen LogP contribution is -1.88. The molecule has 132 valence electrons. The molecule has 3 nitrogen and oxygen atoms in total. The van der Waals surface area contributed by atoms with E-state index in [0.717, 1.165) is 22.5 Å². The van der Waals surface area contributed by atoms with E-state index in [-0.39, 0.29) is 0 Å². The molecule has 0 aliphatic carbocycles. The molecule has 27 heavy (non-hydrogen) atoms. The second-order valence-electron chi connectivity index (χ2n) is 6.44. The van der Waals surface area contributed by atoms with Gasteiger partial charge in [-0.1, -0.05) is 54.6 Å². The van der Waals surface area contributed by atoms with Crippen molar-refractivity contribution in [2.75, 3.05) is 0 Å². The van der Waals surface area contributed by atoms with E-state index >= 15 is 0 Å². The highest BCUT2D eigenvalue weighted by Gasteiger charge is 2.05. The third-order valence-electron chi connectivity index (χ3n) is 4.53. The van der Waals surface area contributed by atoms with Gasteiger partial charge in [0.15, 0.2) is 0 Å². The summed E-state index contributed by atoms with van der Waals surface area (Å²) in [6.07, 6.45) is 3.73. The van der Waals surface area contributed by atoms with Crippen LogP contribution in [0.25, 0.3) is 21.5 Å². The minimum Gasteiger partial charge on any atom is -0.254 e. The first kappa shape index (κ1) is 17.3. The van der Waals surface area contributed by atoms with Gasteiger partial charge in [0.05, 0.1) is 29.3 Å². The van der Waals surface area contributed by atoms with Crippen molar-refractivity contribution in [1.29, 1.82) is 0 Å². The average Bonchev–Trinajstić information content (AvgIpc) is 2.77. The molecule has 0 unspecified atom stereocenters. The summed E-state index contributed by atoms with van der Waals surface area (Å²) in [5.41, 5.74) is 3.94. The van der Waals surface area contributed by atoms with Gasteiger partial charge < -0.3 is 0 Å². The lowest BCUT2D eigenvalue weighted by Gasteiger charge is -2.08. The van der Waals surface area contributed by atoms with Gasteiger partial charge in [0, 0.05) is 11.8 Å². The number of aliphatic imine (C=N–C) groups is 1. The second-order valence-corrected chi connectivity index (χ2v) is 7.00. The van der Waals surface area contributed by atoms with Crippen LogP contribution in [0.3, 0.4) is 0 Å².